The molecular weight excluding hydrogens is 214 g/mol. The molecule has 0 aliphatic rings. The molecule has 4 nitrogen and oxygen atoms in total. The summed E-state index contributed by atoms with van der Waals surface area (Å²) in [5.74, 6) is 0.743. The van der Waals surface area contributed by atoms with Crippen LogP contribution in [-0.2, 0) is 0 Å². The average Bonchev–Trinajstić information content (AvgIpc) is 2.34. The number of anilines is 1. The first-order chi connectivity index (χ1) is 8.24. The summed E-state index contributed by atoms with van der Waals surface area (Å²) in [7, 11) is 2.01. The molecular formula is C13H19N3O. The van der Waals surface area contributed by atoms with Gasteiger partial charge in [-0.1, -0.05) is 12.1 Å². The molecule has 0 heterocycles. The summed E-state index contributed by atoms with van der Waals surface area (Å²) in [5, 5.41) is 8.45. The topological polar surface area (TPSA) is 62.3 Å². The molecule has 0 radical (unpaired) electrons. The predicted molar refractivity (Wildman–Crippen MR) is 68.7 cm³/mol. The van der Waals surface area contributed by atoms with Gasteiger partial charge in [0.25, 0.3) is 0 Å². The number of nitriles is 1. The molecule has 0 bridgehead atoms. The second-order valence-electron chi connectivity index (χ2n) is 3.95. The maximum absolute atomic E-state index is 8.45. The number of hydrogen-bond donors (Lipinski definition) is 1. The molecule has 0 amide bonds. The molecule has 0 aliphatic carbocycles. The van der Waals surface area contributed by atoms with Gasteiger partial charge < -0.3 is 15.4 Å². The lowest BCUT2D eigenvalue weighted by Gasteiger charge is -2.15. The summed E-state index contributed by atoms with van der Waals surface area (Å²) >= 11 is 0. The van der Waals surface area contributed by atoms with E-state index in [1.807, 2.05) is 31.3 Å². The maximum Gasteiger partial charge on any atom is 0.142 e. The molecule has 0 atom stereocenters. The highest BCUT2D eigenvalue weighted by molar-refractivity contribution is 5.51. The third kappa shape index (κ3) is 5.23. The van der Waals surface area contributed by atoms with Gasteiger partial charge in [-0.25, -0.2) is 0 Å². The number of ether oxygens (including phenoxy) is 1. The molecule has 0 spiro atoms. The molecule has 0 fully saturated rings. The highest BCUT2D eigenvalue weighted by Gasteiger charge is 2.00. The van der Waals surface area contributed by atoms with E-state index < -0.39 is 0 Å². The van der Waals surface area contributed by atoms with Gasteiger partial charge in [0.1, 0.15) is 5.75 Å². The zero-order valence-corrected chi connectivity index (χ0v) is 10.2. The zero-order chi connectivity index (χ0) is 12.5. The monoisotopic (exact) mass is 233 g/mol. The lowest BCUT2D eigenvalue weighted by Crippen LogP contribution is -2.22. The van der Waals surface area contributed by atoms with Crippen molar-refractivity contribution >= 4 is 5.69 Å². The van der Waals surface area contributed by atoms with Crippen LogP contribution in [0.25, 0.3) is 0 Å². The maximum atomic E-state index is 8.45. The largest absolute Gasteiger partial charge is 0.491 e. The Labute approximate surface area is 103 Å². The molecule has 1 aromatic rings. The summed E-state index contributed by atoms with van der Waals surface area (Å²) in [6.45, 7) is 2.38. The van der Waals surface area contributed by atoms with E-state index >= 15 is 0 Å². The fourth-order valence-corrected chi connectivity index (χ4v) is 1.48. The molecule has 0 aromatic heterocycles. The third-order valence-corrected chi connectivity index (χ3v) is 2.47. The first-order valence-electron chi connectivity index (χ1n) is 5.77. The van der Waals surface area contributed by atoms with Crippen LogP contribution in [0.1, 0.15) is 12.8 Å². The Morgan fingerprint density at radius 3 is 2.82 bits per heavy atom. The molecule has 4 heteroatoms. The highest BCUT2D eigenvalue weighted by atomic mass is 16.5. The molecule has 1 aromatic carbocycles. The Kier molecular flexibility index (Phi) is 5.91. The lowest BCUT2D eigenvalue weighted by molar-refractivity contribution is 0.266. The van der Waals surface area contributed by atoms with Crippen molar-refractivity contribution in [2.45, 2.75) is 12.8 Å². The first-order valence-corrected chi connectivity index (χ1v) is 5.77. The van der Waals surface area contributed by atoms with Gasteiger partial charge >= 0.3 is 0 Å². The molecule has 1 rings (SSSR count). The van der Waals surface area contributed by atoms with Crippen LogP contribution in [0.3, 0.4) is 0 Å². The Bertz CT molecular complexity index is 373. The first kappa shape index (κ1) is 13.3. The summed E-state index contributed by atoms with van der Waals surface area (Å²) < 4.78 is 5.57. The van der Waals surface area contributed by atoms with Crippen LogP contribution in [0, 0.1) is 11.3 Å². The van der Waals surface area contributed by atoms with E-state index in [2.05, 4.69) is 11.0 Å². The smallest absolute Gasteiger partial charge is 0.142 e. The van der Waals surface area contributed by atoms with Crippen molar-refractivity contribution in [2.24, 2.45) is 0 Å². The van der Waals surface area contributed by atoms with Crippen LogP contribution in [0.4, 0.5) is 5.69 Å². The summed E-state index contributed by atoms with van der Waals surface area (Å²) in [4.78, 5) is 2.13. The normalized spacial score (nSPS) is 10.2. The molecule has 17 heavy (non-hydrogen) atoms. The Morgan fingerprint density at radius 2 is 2.12 bits per heavy atom. The van der Waals surface area contributed by atoms with Crippen molar-refractivity contribution in [3.63, 3.8) is 0 Å². The van der Waals surface area contributed by atoms with Gasteiger partial charge in [-0.2, -0.15) is 5.26 Å². The third-order valence-electron chi connectivity index (χ3n) is 2.47. The number of rotatable bonds is 7. The van der Waals surface area contributed by atoms with Crippen molar-refractivity contribution in [1.82, 2.24) is 4.90 Å². The summed E-state index contributed by atoms with van der Waals surface area (Å²) in [6.07, 6.45) is 1.50. The highest BCUT2D eigenvalue weighted by Crippen LogP contribution is 2.19. The molecule has 0 saturated heterocycles. The second kappa shape index (κ2) is 7.53. The van der Waals surface area contributed by atoms with Gasteiger partial charge in [0.05, 0.1) is 18.4 Å². The van der Waals surface area contributed by atoms with Crippen molar-refractivity contribution in [2.75, 3.05) is 32.5 Å². The van der Waals surface area contributed by atoms with E-state index in [1.54, 1.807) is 0 Å². The Morgan fingerprint density at radius 1 is 1.35 bits per heavy atom. The van der Waals surface area contributed by atoms with E-state index in [1.165, 1.54) is 0 Å². The van der Waals surface area contributed by atoms with Crippen molar-refractivity contribution < 1.29 is 4.74 Å². The van der Waals surface area contributed by atoms with Crippen LogP contribution in [-0.4, -0.2) is 31.6 Å². The number of nitrogens with two attached hydrogens (primary N) is 1. The minimum atomic E-state index is 0.572. The second-order valence-corrected chi connectivity index (χ2v) is 3.95. The van der Waals surface area contributed by atoms with Crippen molar-refractivity contribution in [1.29, 1.82) is 5.26 Å². The minimum Gasteiger partial charge on any atom is -0.491 e. The van der Waals surface area contributed by atoms with Crippen LogP contribution in [0.2, 0.25) is 0 Å². The summed E-state index contributed by atoms with van der Waals surface area (Å²) in [6, 6.07) is 9.62. The van der Waals surface area contributed by atoms with Crippen molar-refractivity contribution in [3.05, 3.63) is 24.3 Å². The average molecular weight is 233 g/mol. The SMILES string of the molecule is CN(CCC#N)CCCOc1ccccc1N. The number of para-hydroxylation sites is 2. The fourth-order valence-electron chi connectivity index (χ4n) is 1.48. The summed E-state index contributed by atoms with van der Waals surface area (Å²) in [5.41, 5.74) is 6.43. The van der Waals surface area contributed by atoms with Crippen LogP contribution in [0.15, 0.2) is 24.3 Å². The van der Waals surface area contributed by atoms with Gasteiger partial charge in [-0.15, -0.1) is 0 Å². The number of hydrogen-bond acceptors (Lipinski definition) is 4. The standard InChI is InChI=1S/C13H19N3O/c1-16(9-4-8-14)10-5-11-17-13-7-3-2-6-12(13)15/h2-3,6-7H,4-5,9-11,15H2,1H3. The van der Waals surface area contributed by atoms with E-state index in [4.69, 9.17) is 15.7 Å². The van der Waals surface area contributed by atoms with Gasteiger partial charge in [0.15, 0.2) is 0 Å². The lowest BCUT2D eigenvalue weighted by atomic mass is 10.3. The minimum absolute atomic E-state index is 0.572. The Hall–Kier alpha value is -1.73. The predicted octanol–water partition coefficient (Wildman–Crippen LogP) is 1.88. The van der Waals surface area contributed by atoms with Crippen molar-refractivity contribution in [3.8, 4) is 11.8 Å². The van der Waals surface area contributed by atoms with Crippen LogP contribution < -0.4 is 10.5 Å². The fraction of sp³-hybridized carbons (Fsp3) is 0.462. The molecule has 0 unspecified atom stereocenters. The molecule has 92 valence electrons. The van der Waals surface area contributed by atoms with E-state index in [0.29, 0.717) is 18.7 Å². The van der Waals surface area contributed by atoms with E-state index in [9.17, 15) is 0 Å². The number of nitrogen functional groups attached to an aromatic ring is 1. The van der Waals surface area contributed by atoms with Gasteiger partial charge in [0.2, 0.25) is 0 Å². The van der Waals surface area contributed by atoms with E-state index in [0.717, 1.165) is 25.3 Å². The zero-order valence-electron chi connectivity index (χ0n) is 10.2. The van der Waals surface area contributed by atoms with Crippen LogP contribution >= 0.6 is 0 Å². The molecule has 2 N–H and O–H groups in total. The number of nitrogens with zero attached hydrogens (tertiary/aromatic N) is 2. The van der Waals surface area contributed by atoms with Crippen LogP contribution in [0.5, 0.6) is 5.75 Å². The quantitative estimate of drug-likeness (QED) is 0.577. The number of benzene rings is 1. The van der Waals surface area contributed by atoms with Gasteiger partial charge in [0, 0.05) is 19.5 Å². The van der Waals surface area contributed by atoms with E-state index in [-0.39, 0.29) is 0 Å². The van der Waals surface area contributed by atoms with Gasteiger partial charge in [-0.05, 0) is 25.6 Å². The Balaban J connectivity index is 2.16. The van der Waals surface area contributed by atoms with Gasteiger partial charge in [-0.3, -0.25) is 0 Å². The molecule has 0 aliphatic heterocycles. The molecule has 0 saturated carbocycles.